The molecular weight excluding hydrogens is 428 g/mol. The Balaban J connectivity index is 1.67. The second kappa shape index (κ2) is 13.5. The molecule has 0 bridgehead atoms. The standard InChI is InChI=1S/C27H36N4O3/c1-4-5-6-7-8-9-10-25(32)28-23-15-17-24(18-16-23)31-26(22-13-11-21(2)12-14-22)29-27(30-31)34-20-19-33-3/h11-18H,4-10,19-20H2,1-3H3,(H,28,32). The van der Waals surface area contributed by atoms with E-state index >= 15 is 0 Å². The van der Waals surface area contributed by atoms with E-state index in [2.05, 4.69) is 22.3 Å². The van der Waals surface area contributed by atoms with Crippen LogP contribution in [0.2, 0.25) is 0 Å². The average molecular weight is 465 g/mol. The number of carbonyl (C=O) groups is 1. The first kappa shape index (κ1) is 25.4. The summed E-state index contributed by atoms with van der Waals surface area (Å²) in [6.45, 7) is 5.09. The van der Waals surface area contributed by atoms with Crippen molar-refractivity contribution in [3.63, 3.8) is 0 Å². The van der Waals surface area contributed by atoms with E-state index in [1.54, 1.807) is 11.8 Å². The van der Waals surface area contributed by atoms with Crippen LogP contribution in [0, 0.1) is 6.92 Å². The maximum Gasteiger partial charge on any atom is 0.336 e. The molecule has 1 N–H and O–H groups in total. The molecule has 0 atom stereocenters. The first-order chi connectivity index (χ1) is 16.6. The van der Waals surface area contributed by atoms with Crippen LogP contribution >= 0.6 is 0 Å². The number of aromatic nitrogens is 3. The Bertz CT molecular complexity index is 1010. The highest BCUT2D eigenvalue weighted by molar-refractivity contribution is 5.90. The van der Waals surface area contributed by atoms with Crippen LogP contribution < -0.4 is 10.1 Å². The number of amides is 1. The fourth-order valence-electron chi connectivity index (χ4n) is 3.62. The van der Waals surface area contributed by atoms with Gasteiger partial charge in [0.05, 0.1) is 12.3 Å². The zero-order chi connectivity index (χ0) is 24.2. The molecule has 1 heterocycles. The minimum atomic E-state index is 0.0539. The van der Waals surface area contributed by atoms with Gasteiger partial charge in [-0.05, 0) is 37.6 Å². The minimum Gasteiger partial charge on any atom is -0.460 e. The lowest BCUT2D eigenvalue weighted by Crippen LogP contribution is -2.11. The normalized spacial score (nSPS) is 10.9. The Morgan fingerprint density at radius 1 is 0.941 bits per heavy atom. The van der Waals surface area contributed by atoms with Crippen LogP contribution in [0.15, 0.2) is 48.5 Å². The number of aryl methyl sites for hydroxylation is 1. The Morgan fingerprint density at radius 3 is 2.35 bits per heavy atom. The predicted molar refractivity (Wildman–Crippen MR) is 136 cm³/mol. The van der Waals surface area contributed by atoms with Gasteiger partial charge in [0, 0.05) is 24.8 Å². The Hall–Kier alpha value is -3.19. The fourth-order valence-corrected chi connectivity index (χ4v) is 3.62. The summed E-state index contributed by atoms with van der Waals surface area (Å²) in [7, 11) is 1.63. The molecule has 7 heteroatoms. The molecule has 0 unspecified atom stereocenters. The number of methoxy groups -OCH3 is 1. The molecule has 3 aromatic rings. The van der Waals surface area contributed by atoms with E-state index in [4.69, 9.17) is 9.47 Å². The van der Waals surface area contributed by atoms with Crippen LogP contribution in [0.5, 0.6) is 6.01 Å². The van der Waals surface area contributed by atoms with E-state index in [-0.39, 0.29) is 5.91 Å². The van der Waals surface area contributed by atoms with Crippen molar-refractivity contribution in [2.45, 2.75) is 58.8 Å². The van der Waals surface area contributed by atoms with E-state index in [9.17, 15) is 4.79 Å². The summed E-state index contributed by atoms with van der Waals surface area (Å²) in [5.41, 5.74) is 3.72. The first-order valence-corrected chi connectivity index (χ1v) is 12.2. The maximum absolute atomic E-state index is 12.3. The lowest BCUT2D eigenvalue weighted by Gasteiger charge is -2.09. The van der Waals surface area contributed by atoms with Crippen LogP contribution in [0.3, 0.4) is 0 Å². The van der Waals surface area contributed by atoms with Gasteiger partial charge in [-0.15, -0.1) is 5.10 Å². The lowest BCUT2D eigenvalue weighted by atomic mass is 10.1. The Labute approximate surface area is 202 Å². The molecule has 1 aromatic heterocycles. The summed E-state index contributed by atoms with van der Waals surface area (Å²) < 4.78 is 12.5. The van der Waals surface area contributed by atoms with Crippen LogP contribution in [0.4, 0.5) is 5.69 Å². The van der Waals surface area contributed by atoms with Gasteiger partial charge in [-0.1, -0.05) is 68.9 Å². The molecule has 0 spiro atoms. The van der Waals surface area contributed by atoms with E-state index in [1.165, 1.54) is 31.2 Å². The van der Waals surface area contributed by atoms with E-state index in [0.717, 1.165) is 29.8 Å². The fraction of sp³-hybridized carbons (Fsp3) is 0.444. The molecule has 0 fully saturated rings. The molecular formula is C27H36N4O3. The smallest absolute Gasteiger partial charge is 0.336 e. The molecule has 0 radical (unpaired) electrons. The molecule has 0 saturated carbocycles. The van der Waals surface area contributed by atoms with Crippen molar-refractivity contribution in [2.24, 2.45) is 0 Å². The summed E-state index contributed by atoms with van der Waals surface area (Å²) in [6.07, 6.45) is 7.56. The third-order valence-electron chi connectivity index (χ3n) is 5.57. The molecule has 2 aromatic carbocycles. The Morgan fingerprint density at radius 2 is 1.65 bits per heavy atom. The second-order valence-electron chi connectivity index (χ2n) is 8.45. The van der Waals surface area contributed by atoms with Gasteiger partial charge in [0.1, 0.15) is 6.61 Å². The van der Waals surface area contributed by atoms with Gasteiger partial charge in [-0.3, -0.25) is 4.79 Å². The predicted octanol–water partition coefficient (Wildman–Crippen LogP) is 5.96. The number of hydrogen-bond donors (Lipinski definition) is 1. The summed E-state index contributed by atoms with van der Waals surface area (Å²) in [5.74, 6) is 0.741. The number of benzene rings is 2. The minimum absolute atomic E-state index is 0.0539. The maximum atomic E-state index is 12.3. The van der Waals surface area contributed by atoms with Crippen LogP contribution in [0.25, 0.3) is 17.1 Å². The van der Waals surface area contributed by atoms with Crippen molar-refractivity contribution in [2.75, 3.05) is 25.6 Å². The zero-order valence-corrected chi connectivity index (χ0v) is 20.5. The molecule has 34 heavy (non-hydrogen) atoms. The number of ether oxygens (including phenoxy) is 2. The zero-order valence-electron chi connectivity index (χ0n) is 20.5. The first-order valence-electron chi connectivity index (χ1n) is 12.2. The lowest BCUT2D eigenvalue weighted by molar-refractivity contribution is -0.116. The molecule has 3 rings (SSSR count). The molecule has 0 aliphatic heterocycles. The highest BCUT2D eigenvalue weighted by atomic mass is 16.5. The van der Waals surface area contributed by atoms with Crippen LogP contribution in [-0.2, 0) is 9.53 Å². The van der Waals surface area contributed by atoms with Crippen molar-refractivity contribution < 1.29 is 14.3 Å². The third kappa shape index (κ3) is 7.70. The molecule has 0 aliphatic carbocycles. The van der Waals surface area contributed by atoms with E-state index in [1.807, 2.05) is 55.5 Å². The SMILES string of the molecule is CCCCCCCCC(=O)Nc1ccc(-n2nc(OCCOC)nc2-c2ccc(C)cc2)cc1. The van der Waals surface area contributed by atoms with Crippen molar-refractivity contribution in [1.29, 1.82) is 0 Å². The van der Waals surface area contributed by atoms with Gasteiger partial charge in [0.2, 0.25) is 5.91 Å². The number of carbonyl (C=O) groups excluding carboxylic acids is 1. The molecule has 0 saturated heterocycles. The quantitative estimate of drug-likeness (QED) is 0.298. The van der Waals surface area contributed by atoms with Crippen molar-refractivity contribution in [1.82, 2.24) is 14.8 Å². The number of anilines is 1. The molecule has 7 nitrogen and oxygen atoms in total. The van der Waals surface area contributed by atoms with Crippen LogP contribution in [0.1, 0.15) is 57.4 Å². The van der Waals surface area contributed by atoms with Gasteiger partial charge in [0.15, 0.2) is 5.82 Å². The van der Waals surface area contributed by atoms with Gasteiger partial charge >= 0.3 is 6.01 Å². The number of nitrogens with zero attached hydrogens (tertiary/aromatic N) is 3. The molecule has 0 aliphatic rings. The number of hydrogen-bond acceptors (Lipinski definition) is 5. The van der Waals surface area contributed by atoms with Crippen molar-refractivity contribution in [3.05, 3.63) is 54.1 Å². The number of unbranched alkanes of at least 4 members (excludes halogenated alkanes) is 5. The third-order valence-corrected chi connectivity index (χ3v) is 5.57. The van der Waals surface area contributed by atoms with E-state index < -0.39 is 0 Å². The van der Waals surface area contributed by atoms with Crippen LogP contribution in [-0.4, -0.2) is 41.0 Å². The van der Waals surface area contributed by atoms with Gasteiger partial charge in [-0.2, -0.15) is 4.98 Å². The Kier molecular flexibility index (Phi) is 10.1. The summed E-state index contributed by atoms with van der Waals surface area (Å²) in [5, 5.41) is 7.55. The monoisotopic (exact) mass is 464 g/mol. The average Bonchev–Trinajstić information content (AvgIpc) is 3.26. The number of rotatable bonds is 14. The van der Waals surface area contributed by atoms with E-state index in [0.29, 0.717) is 31.5 Å². The van der Waals surface area contributed by atoms with Gasteiger partial charge < -0.3 is 14.8 Å². The van der Waals surface area contributed by atoms with Gasteiger partial charge in [0.25, 0.3) is 0 Å². The summed E-state index contributed by atoms with van der Waals surface area (Å²) in [6, 6.07) is 16.0. The molecule has 1 amide bonds. The topological polar surface area (TPSA) is 78.3 Å². The highest BCUT2D eigenvalue weighted by Gasteiger charge is 2.15. The van der Waals surface area contributed by atoms with Crippen molar-refractivity contribution >= 4 is 11.6 Å². The van der Waals surface area contributed by atoms with Gasteiger partial charge in [-0.25, -0.2) is 4.68 Å². The largest absolute Gasteiger partial charge is 0.460 e. The number of nitrogens with one attached hydrogen (secondary N) is 1. The molecule has 182 valence electrons. The summed E-state index contributed by atoms with van der Waals surface area (Å²) in [4.78, 5) is 16.9. The second-order valence-corrected chi connectivity index (χ2v) is 8.45. The van der Waals surface area contributed by atoms with Crippen molar-refractivity contribution in [3.8, 4) is 23.1 Å². The highest BCUT2D eigenvalue weighted by Crippen LogP contribution is 2.25. The summed E-state index contributed by atoms with van der Waals surface area (Å²) >= 11 is 0.